The number of benzene rings is 2. The number of aliphatic imine (C=N–C) groups is 1. The molecule has 1 heterocycles. The minimum Gasteiger partial charge on any atom is -0.489 e. The molecule has 138 valence electrons. The van der Waals surface area contributed by atoms with E-state index >= 15 is 0 Å². The fourth-order valence-corrected chi connectivity index (χ4v) is 2.60. The van der Waals surface area contributed by atoms with Crippen LogP contribution in [0.5, 0.6) is 5.75 Å². The highest BCUT2D eigenvalue weighted by Gasteiger charge is 1.99. The van der Waals surface area contributed by atoms with Gasteiger partial charge in [0.05, 0.1) is 6.54 Å². The van der Waals surface area contributed by atoms with Gasteiger partial charge in [-0.25, -0.2) is 4.99 Å². The lowest BCUT2D eigenvalue weighted by atomic mass is 10.1. The van der Waals surface area contributed by atoms with Crippen molar-refractivity contribution in [2.45, 2.75) is 19.6 Å². The zero-order chi connectivity index (χ0) is 18.7. The van der Waals surface area contributed by atoms with Crippen LogP contribution in [0.2, 0.25) is 0 Å². The first kappa shape index (κ1) is 18.5. The quantitative estimate of drug-likeness (QED) is 0.477. The molecule has 0 saturated carbocycles. The summed E-state index contributed by atoms with van der Waals surface area (Å²) < 4.78 is 5.79. The van der Waals surface area contributed by atoms with Crippen LogP contribution in [0.25, 0.3) is 0 Å². The van der Waals surface area contributed by atoms with E-state index in [2.05, 4.69) is 21.4 Å². The van der Waals surface area contributed by atoms with Crippen molar-refractivity contribution in [2.24, 2.45) is 10.7 Å². The molecule has 0 bridgehead atoms. The minimum absolute atomic E-state index is 0.442. The van der Waals surface area contributed by atoms with Crippen molar-refractivity contribution >= 4 is 5.96 Å². The van der Waals surface area contributed by atoms with E-state index in [-0.39, 0.29) is 0 Å². The highest BCUT2D eigenvalue weighted by atomic mass is 16.5. The molecule has 5 heteroatoms. The fraction of sp³-hybridized carbons (Fsp3) is 0.182. The number of nitrogens with two attached hydrogens (primary N) is 1. The Kier molecular flexibility index (Phi) is 6.81. The molecule has 0 atom stereocenters. The number of pyridine rings is 1. The Labute approximate surface area is 159 Å². The van der Waals surface area contributed by atoms with Gasteiger partial charge in [-0.05, 0) is 35.4 Å². The van der Waals surface area contributed by atoms with E-state index in [9.17, 15) is 0 Å². The van der Waals surface area contributed by atoms with Crippen LogP contribution < -0.4 is 15.8 Å². The van der Waals surface area contributed by atoms with Crippen molar-refractivity contribution in [1.29, 1.82) is 0 Å². The van der Waals surface area contributed by atoms with Gasteiger partial charge in [-0.2, -0.15) is 0 Å². The van der Waals surface area contributed by atoms with Crippen molar-refractivity contribution in [3.05, 3.63) is 95.8 Å². The van der Waals surface area contributed by atoms with Crippen LogP contribution in [-0.2, 0) is 19.6 Å². The fourth-order valence-electron chi connectivity index (χ4n) is 2.60. The molecule has 27 heavy (non-hydrogen) atoms. The number of ether oxygens (including phenoxy) is 1. The molecule has 5 nitrogen and oxygen atoms in total. The first-order valence-corrected chi connectivity index (χ1v) is 8.99. The number of guanidine groups is 1. The van der Waals surface area contributed by atoms with Gasteiger partial charge in [0.1, 0.15) is 12.4 Å². The predicted molar refractivity (Wildman–Crippen MR) is 108 cm³/mol. The number of nitrogens with one attached hydrogen (secondary N) is 1. The molecule has 0 saturated heterocycles. The molecule has 2 aromatic carbocycles. The summed E-state index contributed by atoms with van der Waals surface area (Å²) in [5.41, 5.74) is 9.18. The Hall–Kier alpha value is -3.34. The Morgan fingerprint density at radius 1 is 0.963 bits per heavy atom. The van der Waals surface area contributed by atoms with Crippen LogP contribution >= 0.6 is 0 Å². The van der Waals surface area contributed by atoms with E-state index in [1.807, 2.05) is 66.7 Å². The van der Waals surface area contributed by atoms with Crippen molar-refractivity contribution in [1.82, 2.24) is 10.3 Å². The number of para-hydroxylation sites is 1. The molecule has 0 aliphatic rings. The number of aromatic nitrogens is 1. The minimum atomic E-state index is 0.442. The third-order valence-electron chi connectivity index (χ3n) is 3.99. The number of hydrogen-bond donors (Lipinski definition) is 2. The van der Waals surface area contributed by atoms with Gasteiger partial charge in [-0.15, -0.1) is 0 Å². The van der Waals surface area contributed by atoms with E-state index in [0.29, 0.717) is 25.7 Å². The average Bonchev–Trinajstić information content (AvgIpc) is 2.73. The summed E-state index contributed by atoms with van der Waals surface area (Å²) >= 11 is 0. The molecule has 0 unspecified atom stereocenters. The van der Waals surface area contributed by atoms with Crippen molar-refractivity contribution in [3.8, 4) is 5.75 Å². The average molecular weight is 360 g/mol. The first-order chi connectivity index (χ1) is 13.3. The monoisotopic (exact) mass is 360 g/mol. The summed E-state index contributed by atoms with van der Waals surface area (Å²) in [7, 11) is 0. The summed E-state index contributed by atoms with van der Waals surface area (Å²) in [5.74, 6) is 1.30. The normalized spacial score (nSPS) is 11.2. The highest BCUT2D eigenvalue weighted by Crippen LogP contribution is 2.13. The largest absolute Gasteiger partial charge is 0.489 e. The van der Waals surface area contributed by atoms with Crippen LogP contribution in [0.15, 0.2) is 84.0 Å². The Morgan fingerprint density at radius 3 is 2.59 bits per heavy atom. The molecule has 0 aliphatic heterocycles. The lowest BCUT2D eigenvalue weighted by Gasteiger charge is -2.08. The van der Waals surface area contributed by atoms with Gasteiger partial charge in [0.25, 0.3) is 0 Å². The smallest absolute Gasteiger partial charge is 0.188 e. The molecule has 0 fully saturated rings. The molecule has 0 amide bonds. The summed E-state index contributed by atoms with van der Waals surface area (Å²) in [4.78, 5) is 8.69. The maximum atomic E-state index is 5.95. The van der Waals surface area contributed by atoms with Crippen molar-refractivity contribution in [3.63, 3.8) is 0 Å². The standard InChI is InChI=1S/C22H24N4O/c23-22(25-14-12-20-9-4-5-13-24-20)26-16-18-7-6-8-19(15-18)17-27-21-10-2-1-3-11-21/h1-11,13,15H,12,14,16-17H2,(H3,23,25,26). The molecule has 0 aliphatic carbocycles. The first-order valence-electron chi connectivity index (χ1n) is 8.99. The SMILES string of the molecule is NC(=NCc1cccc(COc2ccccc2)c1)NCCc1ccccn1. The third kappa shape index (κ3) is 6.47. The zero-order valence-corrected chi connectivity index (χ0v) is 15.2. The molecule has 3 aromatic rings. The molecular formula is C22H24N4O. The zero-order valence-electron chi connectivity index (χ0n) is 15.2. The van der Waals surface area contributed by atoms with Crippen molar-refractivity contribution in [2.75, 3.05) is 6.54 Å². The van der Waals surface area contributed by atoms with E-state index < -0.39 is 0 Å². The number of hydrogen-bond acceptors (Lipinski definition) is 3. The molecule has 1 aromatic heterocycles. The Bertz CT molecular complexity index is 850. The van der Waals surface area contributed by atoms with E-state index in [1.54, 1.807) is 6.20 Å². The van der Waals surface area contributed by atoms with Crippen LogP contribution in [0.4, 0.5) is 0 Å². The van der Waals surface area contributed by atoms with Gasteiger partial charge in [0, 0.05) is 24.9 Å². The third-order valence-corrected chi connectivity index (χ3v) is 3.99. The van der Waals surface area contributed by atoms with Gasteiger partial charge < -0.3 is 15.8 Å². The summed E-state index contributed by atoms with van der Waals surface area (Å²) in [5, 5.41) is 3.13. The highest BCUT2D eigenvalue weighted by molar-refractivity contribution is 5.77. The summed E-state index contributed by atoms with van der Waals surface area (Å²) in [6, 6.07) is 23.9. The second-order valence-electron chi connectivity index (χ2n) is 6.12. The molecule has 3 N–H and O–H groups in total. The molecule has 0 spiro atoms. The second-order valence-corrected chi connectivity index (χ2v) is 6.12. The van der Waals surface area contributed by atoms with Crippen LogP contribution in [0.3, 0.4) is 0 Å². The van der Waals surface area contributed by atoms with E-state index in [1.165, 1.54) is 0 Å². The Balaban J connectivity index is 1.46. The molecular weight excluding hydrogens is 336 g/mol. The van der Waals surface area contributed by atoms with E-state index in [4.69, 9.17) is 10.5 Å². The lowest BCUT2D eigenvalue weighted by Crippen LogP contribution is -2.33. The number of rotatable bonds is 8. The maximum absolute atomic E-state index is 5.95. The van der Waals surface area contributed by atoms with Crippen LogP contribution in [0, 0.1) is 0 Å². The molecule has 3 rings (SSSR count). The maximum Gasteiger partial charge on any atom is 0.188 e. The Morgan fingerprint density at radius 2 is 1.78 bits per heavy atom. The van der Waals surface area contributed by atoms with Crippen molar-refractivity contribution < 1.29 is 4.74 Å². The molecule has 0 radical (unpaired) electrons. The van der Waals surface area contributed by atoms with Gasteiger partial charge in [-0.3, -0.25) is 4.98 Å². The lowest BCUT2D eigenvalue weighted by molar-refractivity contribution is 0.306. The summed E-state index contributed by atoms with van der Waals surface area (Å²) in [6.45, 7) is 1.76. The van der Waals surface area contributed by atoms with Gasteiger partial charge in [0.15, 0.2) is 5.96 Å². The topological polar surface area (TPSA) is 72.5 Å². The van der Waals surface area contributed by atoms with Crippen LogP contribution in [0.1, 0.15) is 16.8 Å². The predicted octanol–water partition coefficient (Wildman–Crippen LogP) is 3.31. The van der Waals surface area contributed by atoms with Crippen LogP contribution in [-0.4, -0.2) is 17.5 Å². The van der Waals surface area contributed by atoms with Gasteiger partial charge >= 0.3 is 0 Å². The van der Waals surface area contributed by atoms with Gasteiger partial charge in [-0.1, -0.05) is 48.5 Å². The number of nitrogens with zero attached hydrogens (tertiary/aromatic N) is 2. The summed E-state index contributed by atoms with van der Waals surface area (Å²) in [6.07, 6.45) is 2.60. The van der Waals surface area contributed by atoms with Gasteiger partial charge in [0.2, 0.25) is 0 Å². The van der Waals surface area contributed by atoms with E-state index in [0.717, 1.165) is 29.0 Å². The second kappa shape index (κ2) is 9.97.